The first-order valence-corrected chi connectivity index (χ1v) is 6.47. The van der Waals surface area contributed by atoms with Gasteiger partial charge in [0.2, 0.25) is 10.0 Å². The first-order chi connectivity index (χ1) is 7.44. The van der Waals surface area contributed by atoms with Crippen LogP contribution in [0.4, 0.5) is 10.1 Å². The minimum atomic E-state index is -3.59. The molecule has 0 amide bonds. The third-order valence-corrected chi connectivity index (χ3v) is 3.32. The van der Waals surface area contributed by atoms with Crippen molar-refractivity contribution in [2.45, 2.75) is 13.3 Å². The van der Waals surface area contributed by atoms with Crippen LogP contribution in [0.25, 0.3) is 0 Å². The molecule has 0 bridgehead atoms. The molecule has 1 aromatic carbocycles. The summed E-state index contributed by atoms with van der Waals surface area (Å²) in [6, 6.07) is 4.19. The number of sulfonamides is 1. The van der Waals surface area contributed by atoms with Gasteiger partial charge in [0.15, 0.2) is 0 Å². The number of aliphatic hydroxyl groups is 1. The van der Waals surface area contributed by atoms with E-state index in [1.54, 1.807) is 13.0 Å². The number of rotatable bonds is 5. The van der Waals surface area contributed by atoms with E-state index in [1.807, 2.05) is 0 Å². The van der Waals surface area contributed by atoms with Gasteiger partial charge in [0, 0.05) is 6.61 Å². The van der Waals surface area contributed by atoms with E-state index in [2.05, 4.69) is 4.72 Å². The lowest BCUT2D eigenvalue weighted by molar-refractivity contribution is 0.295. The maximum Gasteiger partial charge on any atom is 0.232 e. The van der Waals surface area contributed by atoms with Crippen LogP contribution >= 0.6 is 0 Å². The zero-order valence-corrected chi connectivity index (χ0v) is 9.72. The van der Waals surface area contributed by atoms with Gasteiger partial charge in [-0.2, -0.15) is 0 Å². The van der Waals surface area contributed by atoms with Crippen molar-refractivity contribution >= 4 is 15.7 Å². The van der Waals surface area contributed by atoms with Gasteiger partial charge in [-0.15, -0.1) is 0 Å². The lowest BCUT2D eigenvalue weighted by Gasteiger charge is -2.08. The van der Waals surface area contributed by atoms with Crippen molar-refractivity contribution in [3.05, 3.63) is 29.6 Å². The zero-order valence-electron chi connectivity index (χ0n) is 8.90. The van der Waals surface area contributed by atoms with Crippen molar-refractivity contribution in [2.24, 2.45) is 0 Å². The van der Waals surface area contributed by atoms with Crippen LogP contribution in [-0.2, 0) is 10.0 Å². The second kappa shape index (κ2) is 5.27. The number of hydrogen-bond acceptors (Lipinski definition) is 3. The summed E-state index contributed by atoms with van der Waals surface area (Å²) in [6.45, 7) is 1.53. The highest BCUT2D eigenvalue weighted by atomic mass is 32.2. The van der Waals surface area contributed by atoms with Crippen LogP contribution in [0.15, 0.2) is 18.2 Å². The minimum Gasteiger partial charge on any atom is -0.396 e. The lowest BCUT2D eigenvalue weighted by Crippen LogP contribution is -2.18. The molecule has 0 radical (unpaired) electrons. The van der Waals surface area contributed by atoms with E-state index < -0.39 is 15.8 Å². The van der Waals surface area contributed by atoms with Crippen LogP contribution in [0.2, 0.25) is 0 Å². The van der Waals surface area contributed by atoms with Gasteiger partial charge in [-0.1, -0.05) is 6.07 Å². The van der Waals surface area contributed by atoms with Crippen molar-refractivity contribution in [1.29, 1.82) is 0 Å². The van der Waals surface area contributed by atoms with E-state index in [1.165, 1.54) is 12.1 Å². The van der Waals surface area contributed by atoms with Crippen molar-refractivity contribution in [1.82, 2.24) is 0 Å². The van der Waals surface area contributed by atoms with Crippen LogP contribution in [-0.4, -0.2) is 25.9 Å². The molecule has 6 heteroatoms. The van der Waals surface area contributed by atoms with Crippen molar-refractivity contribution in [2.75, 3.05) is 17.1 Å². The normalized spacial score (nSPS) is 11.4. The summed E-state index contributed by atoms with van der Waals surface area (Å²) in [5.41, 5.74) is 0.708. The highest BCUT2D eigenvalue weighted by Gasteiger charge is 2.12. The van der Waals surface area contributed by atoms with E-state index >= 15 is 0 Å². The van der Waals surface area contributed by atoms with Gasteiger partial charge >= 0.3 is 0 Å². The molecule has 16 heavy (non-hydrogen) atoms. The molecule has 0 aliphatic heterocycles. The Hall–Kier alpha value is -1.14. The molecule has 1 rings (SSSR count). The van der Waals surface area contributed by atoms with Gasteiger partial charge < -0.3 is 5.11 Å². The number of benzene rings is 1. The number of aryl methyl sites for hydroxylation is 1. The fourth-order valence-electron chi connectivity index (χ4n) is 1.19. The molecule has 0 fully saturated rings. The summed E-state index contributed by atoms with van der Waals surface area (Å²) in [5, 5.41) is 8.53. The first kappa shape index (κ1) is 12.9. The van der Waals surface area contributed by atoms with Gasteiger partial charge in [-0.25, -0.2) is 12.8 Å². The Bertz CT molecular complexity index is 459. The highest BCUT2D eigenvalue weighted by Crippen LogP contribution is 2.17. The summed E-state index contributed by atoms with van der Waals surface area (Å²) >= 11 is 0. The Morgan fingerprint density at radius 2 is 2.12 bits per heavy atom. The predicted molar refractivity (Wildman–Crippen MR) is 60.2 cm³/mol. The van der Waals surface area contributed by atoms with Crippen molar-refractivity contribution < 1.29 is 17.9 Å². The van der Waals surface area contributed by atoms with Gasteiger partial charge in [0.25, 0.3) is 0 Å². The molecule has 4 nitrogen and oxygen atoms in total. The summed E-state index contributed by atoms with van der Waals surface area (Å²) in [7, 11) is -3.59. The van der Waals surface area contributed by atoms with Gasteiger partial charge in [0.1, 0.15) is 5.82 Å². The molecule has 0 unspecified atom stereocenters. The smallest absolute Gasteiger partial charge is 0.232 e. The third kappa shape index (κ3) is 3.79. The van der Waals surface area contributed by atoms with Gasteiger partial charge in [-0.3, -0.25) is 4.72 Å². The Balaban J connectivity index is 2.83. The second-order valence-electron chi connectivity index (χ2n) is 3.48. The molecule has 0 saturated heterocycles. The molecule has 0 aliphatic carbocycles. The average Bonchev–Trinajstić information content (AvgIpc) is 2.20. The fraction of sp³-hybridized carbons (Fsp3) is 0.400. The monoisotopic (exact) mass is 247 g/mol. The Morgan fingerprint density at radius 3 is 2.75 bits per heavy atom. The van der Waals surface area contributed by atoms with Gasteiger partial charge in [-0.05, 0) is 31.0 Å². The van der Waals surface area contributed by atoms with E-state index in [0.717, 1.165) is 5.56 Å². The fourth-order valence-corrected chi connectivity index (χ4v) is 2.29. The zero-order chi connectivity index (χ0) is 12.2. The summed E-state index contributed by atoms with van der Waals surface area (Å²) in [6.07, 6.45) is 0.128. The van der Waals surface area contributed by atoms with Crippen LogP contribution < -0.4 is 4.72 Å². The molecule has 0 heterocycles. The molecular weight excluding hydrogens is 233 g/mol. The van der Waals surface area contributed by atoms with Crippen LogP contribution in [0.3, 0.4) is 0 Å². The largest absolute Gasteiger partial charge is 0.396 e. The van der Waals surface area contributed by atoms with Crippen molar-refractivity contribution in [3.8, 4) is 0 Å². The molecule has 0 aliphatic rings. The number of hydrogen-bond donors (Lipinski definition) is 2. The van der Waals surface area contributed by atoms with Crippen LogP contribution in [0.5, 0.6) is 0 Å². The number of anilines is 1. The Labute approximate surface area is 94.2 Å². The van der Waals surface area contributed by atoms with Gasteiger partial charge in [0.05, 0.1) is 11.4 Å². The molecule has 0 saturated carbocycles. The number of aliphatic hydroxyl groups excluding tert-OH is 1. The predicted octanol–water partition coefficient (Wildman–Crippen LogP) is 1.26. The van der Waals surface area contributed by atoms with Crippen molar-refractivity contribution in [3.63, 3.8) is 0 Å². The quantitative estimate of drug-likeness (QED) is 0.823. The minimum absolute atomic E-state index is 0.0575. The van der Waals surface area contributed by atoms with E-state index in [9.17, 15) is 12.8 Å². The van der Waals surface area contributed by atoms with E-state index in [4.69, 9.17) is 5.11 Å². The molecule has 0 atom stereocenters. The van der Waals surface area contributed by atoms with E-state index in [-0.39, 0.29) is 24.5 Å². The molecule has 90 valence electrons. The van der Waals surface area contributed by atoms with E-state index in [0.29, 0.717) is 0 Å². The number of halogens is 1. The third-order valence-electron chi connectivity index (χ3n) is 1.96. The first-order valence-electron chi connectivity index (χ1n) is 4.82. The lowest BCUT2D eigenvalue weighted by atomic mass is 10.2. The highest BCUT2D eigenvalue weighted by molar-refractivity contribution is 7.92. The molecular formula is C10H14FNO3S. The standard InChI is InChI=1S/C10H14FNO3S/c1-8-3-4-9(11)10(7-8)12-16(14,15)6-2-5-13/h3-4,7,12-13H,2,5-6H2,1H3. The molecule has 2 N–H and O–H groups in total. The summed E-state index contributed by atoms with van der Waals surface area (Å²) in [5.74, 6) is -0.838. The summed E-state index contributed by atoms with van der Waals surface area (Å²) < 4.78 is 38.3. The van der Waals surface area contributed by atoms with Crippen LogP contribution in [0, 0.1) is 12.7 Å². The SMILES string of the molecule is Cc1ccc(F)c(NS(=O)(=O)CCCO)c1. The number of nitrogens with one attached hydrogen (secondary N) is 1. The second-order valence-corrected chi connectivity index (χ2v) is 5.32. The maximum absolute atomic E-state index is 13.2. The molecule has 0 spiro atoms. The summed E-state index contributed by atoms with van der Waals surface area (Å²) in [4.78, 5) is 0. The average molecular weight is 247 g/mol. The molecule has 0 aromatic heterocycles. The molecule has 1 aromatic rings. The van der Waals surface area contributed by atoms with Crippen LogP contribution in [0.1, 0.15) is 12.0 Å². The Kier molecular flexibility index (Phi) is 4.26. The Morgan fingerprint density at radius 1 is 1.44 bits per heavy atom. The maximum atomic E-state index is 13.2. The topological polar surface area (TPSA) is 66.4 Å².